The molecule has 2 atom stereocenters. The Morgan fingerprint density at radius 3 is 2.32 bits per heavy atom. The molecule has 0 fully saturated rings. The third kappa shape index (κ3) is 6.27. The van der Waals surface area contributed by atoms with E-state index < -0.39 is 30.2 Å². The van der Waals surface area contributed by atoms with Crippen LogP contribution in [-0.2, 0) is 19.0 Å². The maximum atomic E-state index is 12.7. The summed E-state index contributed by atoms with van der Waals surface area (Å²) in [5.74, 6) is -1.10. The molecule has 0 aliphatic carbocycles. The number of imide groups is 1. The van der Waals surface area contributed by atoms with Crippen molar-refractivity contribution in [3.63, 3.8) is 0 Å². The third-order valence-electron chi connectivity index (χ3n) is 5.16. The predicted molar refractivity (Wildman–Crippen MR) is 129 cm³/mol. The van der Waals surface area contributed by atoms with E-state index in [0.717, 1.165) is 0 Å². The first-order valence-electron chi connectivity index (χ1n) is 10.5. The summed E-state index contributed by atoms with van der Waals surface area (Å²) >= 11 is 3.88. The van der Waals surface area contributed by atoms with Crippen LogP contribution in [0.5, 0.6) is 5.75 Å². The van der Waals surface area contributed by atoms with Crippen molar-refractivity contribution in [1.29, 1.82) is 0 Å². The summed E-state index contributed by atoms with van der Waals surface area (Å²) in [6.07, 6.45) is -2.46. The maximum absolute atomic E-state index is 12.7. The summed E-state index contributed by atoms with van der Waals surface area (Å²) in [7, 11) is 1.44. The molecule has 178 valence electrons. The number of nitrogens with one attached hydrogen (secondary N) is 1. The van der Waals surface area contributed by atoms with Gasteiger partial charge in [0.15, 0.2) is 6.10 Å². The fourth-order valence-corrected chi connectivity index (χ4v) is 3.61. The largest absolute Gasteiger partial charge is 0.507 e. The number of phenolic OH excluding ortho intramolecular Hbond substituents is 1. The van der Waals surface area contributed by atoms with Gasteiger partial charge >= 0.3 is 12.1 Å². The van der Waals surface area contributed by atoms with E-state index in [1.165, 1.54) is 13.2 Å². The van der Waals surface area contributed by atoms with Crippen LogP contribution in [0.2, 0.25) is 0 Å². The first kappa shape index (κ1) is 25.1. The fraction of sp³-hybridized carbons (Fsp3) is 0.240. The van der Waals surface area contributed by atoms with Gasteiger partial charge in [-0.25, -0.2) is 4.79 Å². The molecule has 0 aliphatic rings. The number of alkyl carbamates (subject to hydrolysis) is 1. The van der Waals surface area contributed by atoms with Crippen LogP contribution in [0.3, 0.4) is 0 Å². The van der Waals surface area contributed by atoms with Gasteiger partial charge < -0.3 is 19.3 Å². The number of ether oxygens (including phenoxy) is 3. The minimum Gasteiger partial charge on any atom is -0.507 e. The number of benzene rings is 3. The van der Waals surface area contributed by atoms with E-state index >= 15 is 0 Å². The van der Waals surface area contributed by atoms with Crippen LogP contribution in [0.25, 0.3) is 10.8 Å². The van der Waals surface area contributed by atoms with E-state index in [1.54, 1.807) is 60.7 Å². The average molecular weight is 484 g/mol. The van der Waals surface area contributed by atoms with Gasteiger partial charge in [-0.3, -0.25) is 14.9 Å². The zero-order valence-corrected chi connectivity index (χ0v) is 19.4. The highest BCUT2D eigenvalue weighted by molar-refractivity contribution is 7.81. The van der Waals surface area contributed by atoms with Gasteiger partial charge in [0.1, 0.15) is 11.9 Å². The second-order valence-electron chi connectivity index (χ2n) is 7.31. The Labute approximate surface area is 202 Å². The number of fused-ring (bicyclic) bond motifs is 1. The Hall–Kier alpha value is -3.56. The molecular weight excluding hydrogens is 458 g/mol. The average Bonchev–Trinajstić information content (AvgIpc) is 2.86. The van der Waals surface area contributed by atoms with Crippen LogP contribution in [0.15, 0.2) is 66.7 Å². The van der Waals surface area contributed by atoms with E-state index in [2.05, 4.69) is 17.9 Å². The number of methoxy groups -OCH3 is 1. The Kier molecular flexibility index (Phi) is 8.89. The smallest absolute Gasteiger partial charge is 0.414 e. The van der Waals surface area contributed by atoms with Crippen molar-refractivity contribution in [2.24, 2.45) is 0 Å². The highest BCUT2D eigenvalue weighted by atomic mass is 32.1. The number of thiol groups is 1. The van der Waals surface area contributed by atoms with Gasteiger partial charge in [-0.1, -0.05) is 48.5 Å². The summed E-state index contributed by atoms with van der Waals surface area (Å²) in [6.45, 7) is 0.0122. The molecule has 0 bridgehead atoms. The SMILES string of the molecule is CO[C@H](CCOC(=O)CS)[C@H](OC(=O)NC(=O)c1ccccc1)c1ccc(O)c2ccccc12. The topological polar surface area (TPSA) is 111 Å². The molecule has 3 aromatic rings. The van der Waals surface area contributed by atoms with E-state index in [4.69, 9.17) is 14.2 Å². The van der Waals surface area contributed by atoms with Gasteiger partial charge in [-0.15, -0.1) is 0 Å². The quantitative estimate of drug-likeness (QED) is 0.311. The van der Waals surface area contributed by atoms with Gasteiger partial charge in [0, 0.05) is 30.0 Å². The lowest BCUT2D eigenvalue weighted by Gasteiger charge is -2.27. The summed E-state index contributed by atoms with van der Waals surface area (Å²) < 4.78 is 16.4. The molecule has 0 heterocycles. The summed E-state index contributed by atoms with van der Waals surface area (Å²) in [5.41, 5.74) is 0.858. The van der Waals surface area contributed by atoms with E-state index in [-0.39, 0.29) is 24.5 Å². The highest BCUT2D eigenvalue weighted by Gasteiger charge is 2.30. The number of aromatic hydroxyl groups is 1. The molecule has 0 radical (unpaired) electrons. The molecule has 34 heavy (non-hydrogen) atoms. The maximum Gasteiger partial charge on any atom is 0.414 e. The van der Waals surface area contributed by atoms with Gasteiger partial charge in [0.2, 0.25) is 0 Å². The molecular formula is C25H25NO7S. The molecule has 0 saturated heterocycles. The lowest BCUT2D eigenvalue weighted by molar-refractivity contribution is -0.141. The van der Waals surface area contributed by atoms with Crippen LogP contribution >= 0.6 is 12.6 Å². The number of hydrogen-bond donors (Lipinski definition) is 3. The van der Waals surface area contributed by atoms with Crippen molar-refractivity contribution in [3.8, 4) is 5.75 Å². The monoisotopic (exact) mass is 483 g/mol. The molecule has 2 amide bonds. The number of hydrogen-bond acceptors (Lipinski definition) is 8. The van der Waals surface area contributed by atoms with Crippen molar-refractivity contribution in [3.05, 3.63) is 77.9 Å². The first-order valence-corrected chi connectivity index (χ1v) is 11.1. The minimum absolute atomic E-state index is 0.0122. The van der Waals surface area contributed by atoms with Crippen molar-refractivity contribution < 1.29 is 33.7 Å². The lowest BCUT2D eigenvalue weighted by atomic mass is 9.95. The zero-order chi connectivity index (χ0) is 24.5. The molecule has 0 saturated carbocycles. The first-order chi connectivity index (χ1) is 16.4. The predicted octanol–water partition coefficient (Wildman–Crippen LogP) is 4.03. The normalized spacial score (nSPS) is 12.5. The molecule has 8 nitrogen and oxygen atoms in total. The van der Waals surface area contributed by atoms with Crippen LogP contribution in [-0.4, -0.2) is 48.6 Å². The van der Waals surface area contributed by atoms with E-state index in [9.17, 15) is 19.5 Å². The van der Waals surface area contributed by atoms with Gasteiger partial charge in [-0.2, -0.15) is 12.6 Å². The molecule has 3 rings (SSSR count). The molecule has 0 spiro atoms. The third-order valence-corrected chi connectivity index (χ3v) is 5.42. The van der Waals surface area contributed by atoms with Gasteiger partial charge in [0.05, 0.1) is 12.4 Å². The van der Waals surface area contributed by atoms with Gasteiger partial charge in [0.25, 0.3) is 5.91 Å². The molecule has 0 aromatic heterocycles. The number of carbonyl (C=O) groups excluding carboxylic acids is 3. The number of esters is 1. The molecule has 0 aliphatic heterocycles. The lowest BCUT2D eigenvalue weighted by Crippen LogP contribution is -2.35. The fourth-order valence-electron chi connectivity index (χ4n) is 3.52. The molecule has 2 N–H and O–H groups in total. The van der Waals surface area contributed by atoms with Crippen molar-refractivity contribution in [2.45, 2.75) is 18.6 Å². The van der Waals surface area contributed by atoms with E-state index in [0.29, 0.717) is 21.9 Å². The van der Waals surface area contributed by atoms with Crippen LogP contribution in [0.4, 0.5) is 4.79 Å². The van der Waals surface area contributed by atoms with Gasteiger partial charge in [-0.05, 0) is 23.6 Å². The highest BCUT2D eigenvalue weighted by Crippen LogP contribution is 2.35. The summed E-state index contributed by atoms with van der Waals surface area (Å²) in [4.78, 5) is 36.6. The minimum atomic E-state index is -0.978. The summed E-state index contributed by atoms with van der Waals surface area (Å²) in [6, 6.07) is 18.5. The number of phenols is 1. The van der Waals surface area contributed by atoms with Crippen molar-refractivity contribution >= 4 is 41.4 Å². The van der Waals surface area contributed by atoms with Crippen molar-refractivity contribution in [1.82, 2.24) is 5.32 Å². The Morgan fingerprint density at radius 2 is 1.65 bits per heavy atom. The standard InChI is InChI=1S/C25H25NO7S/c1-31-21(13-14-32-22(28)15-34)23(19-11-12-20(27)18-10-6-5-9-17(18)19)33-25(30)26-24(29)16-7-3-2-4-8-16/h2-12,21,23,27,34H,13-15H2,1H3,(H,26,29,30)/t21-,23-/m1/s1. The second-order valence-corrected chi connectivity index (χ2v) is 7.62. The van der Waals surface area contributed by atoms with Crippen LogP contribution in [0, 0.1) is 0 Å². The van der Waals surface area contributed by atoms with E-state index in [1.807, 2.05) is 0 Å². The van der Waals surface area contributed by atoms with Crippen LogP contribution < -0.4 is 5.32 Å². The Bertz CT molecular complexity index is 1150. The molecule has 9 heteroatoms. The number of carbonyl (C=O) groups is 3. The second kappa shape index (κ2) is 12.1. The number of amides is 2. The molecule has 0 unspecified atom stereocenters. The van der Waals surface area contributed by atoms with Crippen LogP contribution in [0.1, 0.15) is 28.4 Å². The Morgan fingerprint density at radius 1 is 0.971 bits per heavy atom. The zero-order valence-electron chi connectivity index (χ0n) is 18.5. The Balaban J connectivity index is 1.89. The molecule has 3 aromatic carbocycles. The summed E-state index contributed by atoms with van der Waals surface area (Å²) in [5, 5.41) is 13.7. The number of rotatable bonds is 9. The van der Waals surface area contributed by atoms with Crippen molar-refractivity contribution in [2.75, 3.05) is 19.5 Å².